The van der Waals surface area contributed by atoms with E-state index in [9.17, 15) is 5.11 Å². The van der Waals surface area contributed by atoms with Crippen molar-refractivity contribution in [3.63, 3.8) is 0 Å². The molecule has 0 atom stereocenters. The summed E-state index contributed by atoms with van der Waals surface area (Å²) in [6, 6.07) is 21.1. The van der Waals surface area contributed by atoms with Crippen molar-refractivity contribution in [2.24, 2.45) is 0 Å². The normalized spacial score (nSPS) is 10.7. The molecule has 1 aromatic heterocycles. The van der Waals surface area contributed by atoms with Crippen LogP contribution in [0.1, 0.15) is 11.1 Å². The van der Waals surface area contributed by atoms with Crippen LogP contribution in [-0.2, 0) is 6.61 Å². The first-order valence-electron chi connectivity index (χ1n) is 9.34. The number of nitrogens with one attached hydrogen (secondary N) is 1. The number of aromatic hydroxyl groups is 1. The molecular formula is C24H22N2O3. The van der Waals surface area contributed by atoms with Crippen molar-refractivity contribution in [1.82, 2.24) is 10.2 Å². The number of H-pyrrole nitrogens is 1. The van der Waals surface area contributed by atoms with Crippen molar-refractivity contribution in [1.29, 1.82) is 0 Å². The number of phenols is 1. The third kappa shape index (κ3) is 3.94. The van der Waals surface area contributed by atoms with Crippen molar-refractivity contribution in [2.45, 2.75) is 13.5 Å². The molecule has 4 rings (SSSR count). The Morgan fingerprint density at radius 1 is 0.931 bits per heavy atom. The number of methoxy groups -OCH3 is 1. The predicted octanol–water partition coefficient (Wildman–Crippen LogP) is 5.35. The fraction of sp³-hybridized carbons (Fsp3) is 0.125. The summed E-state index contributed by atoms with van der Waals surface area (Å²) in [5.41, 5.74) is 5.58. The van der Waals surface area contributed by atoms with E-state index in [1.54, 1.807) is 19.4 Å². The van der Waals surface area contributed by atoms with Crippen molar-refractivity contribution in [3.8, 4) is 39.6 Å². The summed E-state index contributed by atoms with van der Waals surface area (Å²) in [4.78, 5) is 0. The van der Waals surface area contributed by atoms with E-state index in [0.717, 1.165) is 28.1 Å². The molecule has 0 radical (unpaired) electrons. The molecule has 0 aliphatic carbocycles. The zero-order valence-corrected chi connectivity index (χ0v) is 16.3. The summed E-state index contributed by atoms with van der Waals surface area (Å²) >= 11 is 0. The second-order valence-electron chi connectivity index (χ2n) is 6.78. The molecule has 0 amide bonds. The molecule has 29 heavy (non-hydrogen) atoms. The van der Waals surface area contributed by atoms with Gasteiger partial charge in [-0.2, -0.15) is 5.10 Å². The Morgan fingerprint density at radius 2 is 1.69 bits per heavy atom. The van der Waals surface area contributed by atoms with Gasteiger partial charge < -0.3 is 14.6 Å². The monoisotopic (exact) mass is 386 g/mol. The Morgan fingerprint density at radius 3 is 2.41 bits per heavy atom. The Kier molecular flexibility index (Phi) is 5.20. The van der Waals surface area contributed by atoms with E-state index in [2.05, 4.69) is 23.2 Å². The Balaban J connectivity index is 1.57. The summed E-state index contributed by atoms with van der Waals surface area (Å²) in [5, 5.41) is 17.8. The van der Waals surface area contributed by atoms with Crippen LogP contribution in [0.3, 0.4) is 0 Å². The number of hydrogen-bond donors (Lipinski definition) is 2. The molecular weight excluding hydrogens is 364 g/mol. The van der Waals surface area contributed by atoms with E-state index in [1.807, 2.05) is 54.6 Å². The molecule has 2 N–H and O–H groups in total. The van der Waals surface area contributed by atoms with E-state index in [0.29, 0.717) is 17.9 Å². The van der Waals surface area contributed by atoms with Crippen LogP contribution in [0.5, 0.6) is 17.2 Å². The first-order valence-corrected chi connectivity index (χ1v) is 9.34. The van der Waals surface area contributed by atoms with Gasteiger partial charge in [0.05, 0.1) is 19.0 Å². The van der Waals surface area contributed by atoms with Gasteiger partial charge in [0.1, 0.15) is 23.9 Å². The van der Waals surface area contributed by atoms with Crippen LogP contribution in [0.25, 0.3) is 22.4 Å². The molecule has 1 heterocycles. The minimum atomic E-state index is 0.131. The second-order valence-corrected chi connectivity index (χ2v) is 6.78. The van der Waals surface area contributed by atoms with Crippen LogP contribution in [0.4, 0.5) is 0 Å². The van der Waals surface area contributed by atoms with Crippen molar-refractivity contribution in [3.05, 3.63) is 84.1 Å². The molecule has 0 fully saturated rings. The van der Waals surface area contributed by atoms with Gasteiger partial charge in [-0.05, 0) is 47.9 Å². The van der Waals surface area contributed by atoms with Gasteiger partial charge in [-0.25, -0.2) is 0 Å². The SMILES string of the molecule is COc1ccc(-c2cn[nH]c2-c2ccc(OCc3ccccc3C)cc2O)cc1. The van der Waals surface area contributed by atoms with Crippen LogP contribution < -0.4 is 9.47 Å². The lowest BCUT2D eigenvalue weighted by Gasteiger charge is -2.11. The molecule has 0 saturated carbocycles. The lowest BCUT2D eigenvalue weighted by molar-refractivity contribution is 0.303. The van der Waals surface area contributed by atoms with Crippen LogP contribution in [0, 0.1) is 6.92 Å². The van der Waals surface area contributed by atoms with Gasteiger partial charge in [-0.1, -0.05) is 36.4 Å². The zero-order chi connectivity index (χ0) is 20.2. The number of aromatic amines is 1. The van der Waals surface area contributed by atoms with Gasteiger partial charge in [0, 0.05) is 17.2 Å². The highest BCUT2D eigenvalue weighted by Crippen LogP contribution is 2.37. The Labute approximate surface area is 169 Å². The number of nitrogens with zero attached hydrogens (tertiary/aromatic N) is 1. The number of benzene rings is 3. The average molecular weight is 386 g/mol. The first kappa shape index (κ1) is 18.6. The summed E-state index contributed by atoms with van der Waals surface area (Å²) in [6.07, 6.45) is 1.75. The Hall–Kier alpha value is -3.73. The molecule has 5 heteroatoms. The van der Waals surface area contributed by atoms with E-state index in [4.69, 9.17) is 9.47 Å². The smallest absolute Gasteiger partial charge is 0.128 e. The van der Waals surface area contributed by atoms with Gasteiger partial charge in [-0.15, -0.1) is 0 Å². The third-order valence-electron chi connectivity index (χ3n) is 4.93. The molecule has 0 saturated heterocycles. The van der Waals surface area contributed by atoms with Gasteiger partial charge in [-0.3, -0.25) is 5.10 Å². The van der Waals surface area contributed by atoms with Crippen LogP contribution in [-0.4, -0.2) is 22.4 Å². The summed E-state index contributed by atoms with van der Waals surface area (Å²) in [7, 11) is 1.64. The number of phenolic OH excluding ortho intramolecular Hbond substituents is 1. The molecule has 0 unspecified atom stereocenters. The maximum absolute atomic E-state index is 10.6. The molecule has 5 nitrogen and oxygen atoms in total. The molecule has 0 spiro atoms. The standard InChI is InChI=1S/C24H22N2O3/c1-16-5-3-4-6-18(16)15-29-20-11-12-21(23(27)13-20)24-22(14-25-26-24)17-7-9-19(28-2)10-8-17/h3-14,27H,15H2,1-2H3,(H,25,26). The highest BCUT2D eigenvalue weighted by molar-refractivity contribution is 5.83. The summed E-state index contributed by atoms with van der Waals surface area (Å²) in [5.74, 6) is 1.53. The number of hydrogen-bond acceptors (Lipinski definition) is 4. The van der Waals surface area contributed by atoms with E-state index in [1.165, 1.54) is 5.56 Å². The minimum absolute atomic E-state index is 0.131. The highest BCUT2D eigenvalue weighted by atomic mass is 16.5. The Bertz CT molecular complexity index is 1120. The van der Waals surface area contributed by atoms with Crippen LogP contribution in [0.15, 0.2) is 72.9 Å². The van der Waals surface area contributed by atoms with Crippen molar-refractivity contribution in [2.75, 3.05) is 7.11 Å². The van der Waals surface area contributed by atoms with Crippen LogP contribution >= 0.6 is 0 Å². The van der Waals surface area contributed by atoms with Crippen molar-refractivity contribution >= 4 is 0 Å². The summed E-state index contributed by atoms with van der Waals surface area (Å²) < 4.78 is 11.1. The number of rotatable bonds is 6. The van der Waals surface area contributed by atoms with Gasteiger partial charge in [0.25, 0.3) is 0 Å². The molecule has 3 aromatic carbocycles. The second kappa shape index (κ2) is 8.10. The number of ether oxygens (including phenoxy) is 2. The average Bonchev–Trinajstić information content (AvgIpc) is 3.23. The minimum Gasteiger partial charge on any atom is -0.507 e. The maximum atomic E-state index is 10.6. The molecule has 0 bridgehead atoms. The fourth-order valence-electron chi connectivity index (χ4n) is 3.23. The van der Waals surface area contributed by atoms with E-state index < -0.39 is 0 Å². The van der Waals surface area contributed by atoms with Gasteiger partial charge in [0.2, 0.25) is 0 Å². The molecule has 146 valence electrons. The van der Waals surface area contributed by atoms with Crippen molar-refractivity contribution < 1.29 is 14.6 Å². The quantitative estimate of drug-likeness (QED) is 0.469. The third-order valence-corrected chi connectivity index (χ3v) is 4.93. The zero-order valence-electron chi connectivity index (χ0n) is 16.3. The highest BCUT2D eigenvalue weighted by Gasteiger charge is 2.14. The first-order chi connectivity index (χ1) is 14.2. The van der Waals surface area contributed by atoms with E-state index >= 15 is 0 Å². The van der Waals surface area contributed by atoms with Gasteiger partial charge >= 0.3 is 0 Å². The topological polar surface area (TPSA) is 67.4 Å². The molecule has 4 aromatic rings. The number of aryl methyl sites for hydroxylation is 1. The largest absolute Gasteiger partial charge is 0.507 e. The fourth-order valence-corrected chi connectivity index (χ4v) is 3.23. The molecule has 0 aliphatic heterocycles. The van der Waals surface area contributed by atoms with Crippen LogP contribution in [0.2, 0.25) is 0 Å². The lowest BCUT2D eigenvalue weighted by Crippen LogP contribution is -1.97. The lowest BCUT2D eigenvalue weighted by atomic mass is 10.0. The number of aromatic nitrogens is 2. The van der Waals surface area contributed by atoms with Gasteiger partial charge in [0.15, 0.2) is 0 Å². The summed E-state index contributed by atoms with van der Waals surface area (Å²) in [6.45, 7) is 2.50. The predicted molar refractivity (Wildman–Crippen MR) is 113 cm³/mol. The van der Waals surface area contributed by atoms with E-state index in [-0.39, 0.29) is 5.75 Å². The maximum Gasteiger partial charge on any atom is 0.128 e. The molecule has 0 aliphatic rings.